The van der Waals surface area contributed by atoms with Crippen molar-refractivity contribution in [2.75, 3.05) is 7.11 Å². The number of amides is 2. The molecule has 0 radical (unpaired) electrons. The quantitative estimate of drug-likeness (QED) is 0.723. The fourth-order valence-electron chi connectivity index (χ4n) is 2.54. The second-order valence-electron chi connectivity index (χ2n) is 4.98. The lowest BCUT2D eigenvalue weighted by Crippen LogP contribution is -2.59. The van der Waals surface area contributed by atoms with Crippen molar-refractivity contribution in [3.05, 3.63) is 0 Å². The van der Waals surface area contributed by atoms with Crippen molar-refractivity contribution in [1.29, 1.82) is 0 Å². The number of rotatable bonds is 5. The van der Waals surface area contributed by atoms with Crippen LogP contribution in [0.15, 0.2) is 0 Å². The van der Waals surface area contributed by atoms with E-state index in [1.807, 2.05) is 6.92 Å². The van der Waals surface area contributed by atoms with Crippen molar-refractivity contribution < 1.29 is 14.3 Å². The van der Waals surface area contributed by atoms with Gasteiger partial charge in [-0.3, -0.25) is 9.59 Å². The molecule has 0 heterocycles. The molecule has 1 unspecified atom stereocenters. The minimum absolute atomic E-state index is 0.235. The van der Waals surface area contributed by atoms with Crippen molar-refractivity contribution >= 4 is 11.8 Å². The van der Waals surface area contributed by atoms with Gasteiger partial charge in [-0.2, -0.15) is 0 Å². The first-order valence-electron chi connectivity index (χ1n) is 6.70. The van der Waals surface area contributed by atoms with Gasteiger partial charge in [0.25, 0.3) is 0 Å². The lowest BCUT2D eigenvalue weighted by Gasteiger charge is -2.31. The fourth-order valence-corrected chi connectivity index (χ4v) is 2.54. The standard InChI is InChI=1S/C13H24N2O3/c1-3-10(18-2)11(16)15-13(12(14)17)8-6-4-5-7-9-13/h10H,3-9H2,1-2H3,(H2,14,17)(H,15,16). The molecule has 3 N–H and O–H groups in total. The summed E-state index contributed by atoms with van der Waals surface area (Å²) >= 11 is 0. The molecular weight excluding hydrogens is 232 g/mol. The van der Waals surface area contributed by atoms with Gasteiger partial charge in [0.2, 0.25) is 11.8 Å². The van der Waals surface area contributed by atoms with Gasteiger partial charge in [-0.05, 0) is 19.3 Å². The lowest BCUT2D eigenvalue weighted by molar-refractivity contribution is -0.138. The molecule has 0 aliphatic heterocycles. The molecule has 0 saturated heterocycles. The van der Waals surface area contributed by atoms with E-state index in [1.54, 1.807) is 0 Å². The zero-order valence-corrected chi connectivity index (χ0v) is 11.3. The number of methoxy groups -OCH3 is 1. The third-order valence-corrected chi connectivity index (χ3v) is 3.74. The van der Waals surface area contributed by atoms with Gasteiger partial charge in [0.05, 0.1) is 0 Å². The predicted octanol–water partition coefficient (Wildman–Crippen LogP) is 1.11. The van der Waals surface area contributed by atoms with E-state index in [1.165, 1.54) is 7.11 Å². The molecule has 0 bridgehead atoms. The van der Waals surface area contributed by atoms with E-state index < -0.39 is 17.6 Å². The smallest absolute Gasteiger partial charge is 0.249 e. The number of nitrogens with two attached hydrogens (primary N) is 1. The minimum Gasteiger partial charge on any atom is -0.372 e. The second-order valence-corrected chi connectivity index (χ2v) is 4.98. The average Bonchev–Trinajstić information content (AvgIpc) is 2.57. The topological polar surface area (TPSA) is 81.4 Å². The first-order chi connectivity index (χ1) is 8.55. The molecule has 1 saturated carbocycles. The number of carbonyl (C=O) groups excluding carboxylic acids is 2. The molecule has 18 heavy (non-hydrogen) atoms. The van der Waals surface area contributed by atoms with E-state index >= 15 is 0 Å². The summed E-state index contributed by atoms with van der Waals surface area (Å²) in [6.07, 6.45) is 5.36. The molecule has 0 spiro atoms. The molecule has 2 amide bonds. The third kappa shape index (κ3) is 3.45. The molecular formula is C13H24N2O3. The maximum Gasteiger partial charge on any atom is 0.249 e. The Kier molecular flexibility index (Phi) is 5.59. The predicted molar refractivity (Wildman–Crippen MR) is 68.9 cm³/mol. The Morgan fingerprint density at radius 1 is 1.28 bits per heavy atom. The van der Waals surface area contributed by atoms with Crippen molar-refractivity contribution in [1.82, 2.24) is 5.32 Å². The highest BCUT2D eigenvalue weighted by atomic mass is 16.5. The fraction of sp³-hybridized carbons (Fsp3) is 0.846. The van der Waals surface area contributed by atoms with E-state index in [4.69, 9.17) is 10.5 Å². The Morgan fingerprint density at radius 2 is 1.83 bits per heavy atom. The van der Waals surface area contributed by atoms with Crippen LogP contribution in [0, 0.1) is 0 Å². The largest absolute Gasteiger partial charge is 0.372 e. The van der Waals surface area contributed by atoms with Crippen LogP contribution in [0.3, 0.4) is 0 Å². The summed E-state index contributed by atoms with van der Waals surface area (Å²) in [5.41, 5.74) is 4.63. The van der Waals surface area contributed by atoms with Crippen LogP contribution in [-0.4, -0.2) is 30.6 Å². The highest BCUT2D eigenvalue weighted by Crippen LogP contribution is 2.27. The number of nitrogens with one attached hydrogen (secondary N) is 1. The second kappa shape index (κ2) is 6.73. The van der Waals surface area contributed by atoms with Crippen LogP contribution in [-0.2, 0) is 14.3 Å². The first-order valence-corrected chi connectivity index (χ1v) is 6.70. The normalized spacial score (nSPS) is 20.8. The van der Waals surface area contributed by atoms with Crippen LogP contribution in [0.5, 0.6) is 0 Å². The maximum atomic E-state index is 12.1. The van der Waals surface area contributed by atoms with Crippen LogP contribution in [0.2, 0.25) is 0 Å². The molecule has 1 aliphatic rings. The molecule has 0 aromatic heterocycles. The number of hydrogen-bond donors (Lipinski definition) is 2. The highest BCUT2D eigenvalue weighted by Gasteiger charge is 2.39. The summed E-state index contributed by atoms with van der Waals surface area (Å²) in [6.45, 7) is 1.87. The van der Waals surface area contributed by atoms with Crippen molar-refractivity contribution in [2.24, 2.45) is 5.73 Å². The van der Waals surface area contributed by atoms with Crippen molar-refractivity contribution in [3.63, 3.8) is 0 Å². The Morgan fingerprint density at radius 3 is 2.22 bits per heavy atom. The molecule has 1 aliphatic carbocycles. The lowest BCUT2D eigenvalue weighted by atomic mass is 9.89. The first kappa shape index (κ1) is 15.0. The van der Waals surface area contributed by atoms with Gasteiger partial charge in [0.1, 0.15) is 11.6 Å². The van der Waals surface area contributed by atoms with E-state index in [0.717, 1.165) is 25.7 Å². The van der Waals surface area contributed by atoms with Crippen molar-refractivity contribution in [3.8, 4) is 0 Å². The number of hydrogen-bond acceptors (Lipinski definition) is 3. The number of ether oxygens (including phenoxy) is 1. The molecule has 104 valence electrons. The van der Waals surface area contributed by atoms with Gasteiger partial charge in [-0.25, -0.2) is 0 Å². The van der Waals surface area contributed by atoms with Gasteiger partial charge < -0.3 is 15.8 Å². The van der Waals surface area contributed by atoms with Gasteiger partial charge >= 0.3 is 0 Å². The van der Waals surface area contributed by atoms with Crippen molar-refractivity contribution in [2.45, 2.75) is 63.5 Å². The van der Waals surface area contributed by atoms with E-state index in [9.17, 15) is 9.59 Å². The summed E-state index contributed by atoms with van der Waals surface area (Å²) < 4.78 is 5.09. The Labute approximate surface area is 108 Å². The average molecular weight is 256 g/mol. The summed E-state index contributed by atoms with van der Waals surface area (Å²) in [4.78, 5) is 23.8. The summed E-state index contributed by atoms with van der Waals surface area (Å²) in [7, 11) is 1.50. The molecule has 0 aromatic carbocycles. The van der Waals surface area contributed by atoms with Crippen LogP contribution >= 0.6 is 0 Å². The van der Waals surface area contributed by atoms with Crippen LogP contribution in [0.25, 0.3) is 0 Å². The molecule has 5 nitrogen and oxygen atoms in total. The number of primary amides is 1. The molecule has 5 heteroatoms. The SMILES string of the molecule is CCC(OC)C(=O)NC1(C(N)=O)CCCCCC1. The Bertz CT molecular complexity index is 293. The zero-order chi connectivity index (χ0) is 13.6. The summed E-state index contributed by atoms with van der Waals surface area (Å²) in [5, 5.41) is 2.84. The number of carbonyl (C=O) groups is 2. The van der Waals surface area contributed by atoms with Gasteiger partial charge in [0.15, 0.2) is 0 Å². The molecule has 0 aromatic rings. The Balaban J connectivity index is 2.78. The highest BCUT2D eigenvalue weighted by molar-refractivity contribution is 5.91. The van der Waals surface area contributed by atoms with Crippen LogP contribution in [0.1, 0.15) is 51.9 Å². The maximum absolute atomic E-state index is 12.1. The van der Waals surface area contributed by atoms with Gasteiger partial charge in [-0.15, -0.1) is 0 Å². The van der Waals surface area contributed by atoms with E-state index in [2.05, 4.69) is 5.32 Å². The van der Waals surface area contributed by atoms with Crippen LogP contribution in [0.4, 0.5) is 0 Å². The minimum atomic E-state index is -0.875. The van der Waals surface area contributed by atoms with Crippen LogP contribution < -0.4 is 11.1 Å². The summed E-state index contributed by atoms with van der Waals surface area (Å²) in [5.74, 6) is -0.663. The van der Waals surface area contributed by atoms with E-state index in [0.29, 0.717) is 19.3 Å². The summed E-state index contributed by atoms with van der Waals surface area (Å²) in [6, 6.07) is 0. The molecule has 1 fully saturated rings. The molecule has 1 rings (SSSR count). The van der Waals surface area contributed by atoms with Gasteiger partial charge in [-0.1, -0.05) is 32.6 Å². The third-order valence-electron chi connectivity index (χ3n) is 3.74. The van der Waals surface area contributed by atoms with E-state index in [-0.39, 0.29) is 5.91 Å². The Hall–Kier alpha value is -1.10. The van der Waals surface area contributed by atoms with Gasteiger partial charge in [0, 0.05) is 7.11 Å². The monoisotopic (exact) mass is 256 g/mol. The zero-order valence-electron chi connectivity index (χ0n) is 11.3. The molecule has 1 atom stereocenters.